The second-order valence-corrected chi connectivity index (χ2v) is 8.05. The molecule has 0 spiro atoms. The van der Waals surface area contributed by atoms with Crippen molar-refractivity contribution in [2.75, 3.05) is 5.75 Å². The van der Waals surface area contributed by atoms with Gasteiger partial charge >= 0.3 is 5.97 Å². The standard InChI is InChI=1S/C10H13NO4S3/c1-2-8-11(7(6-17-8)10(12)13)18(14,15)9-4-3-5-16-9/h3-5,7-8H,2,6H2,1H3,(H,12,13). The Bertz CT molecular complexity index is 525. The van der Waals surface area contributed by atoms with E-state index in [4.69, 9.17) is 5.11 Å². The summed E-state index contributed by atoms with van der Waals surface area (Å²) in [6, 6.07) is 2.19. The Morgan fingerprint density at radius 1 is 1.61 bits per heavy atom. The van der Waals surface area contributed by atoms with Crippen LogP contribution < -0.4 is 0 Å². The predicted molar refractivity (Wildman–Crippen MR) is 71.3 cm³/mol. The molecule has 0 aromatic carbocycles. The van der Waals surface area contributed by atoms with Gasteiger partial charge in [-0.3, -0.25) is 4.79 Å². The second-order valence-electron chi connectivity index (χ2n) is 3.82. The third-order valence-corrected chi connectivity index (χ3v) is 7.58. The molecule has 0 saturated carbocycles. The first-order chi connectivity index (χ1) is 8.48. The van der Waals surface area contributed by atoms with E-state index in [-0.39, 0.29) is 9.58 Å². The van der Waals surface area contributed by atoms with E-state index in [9.17, 15) is 13.2 Å². The van der Waals surface area contributed by atoms with Crippen molar-refractivity contribution in [2.45, 2.75) is 29.0 Å². The van der Waals surface area contributed by atoms with Crippen molar-refractivity contribution in [1.82, 2.24) is 4.31 Å². The molecule has 1 aromatic rings. The van der Waals surface area contributed by atoms with Crippen LogP contribution in [0, 0.1) is 0 Å². The van der Waals surface area contributed by atoms with E-state index >= 15 is 0 Å². The maximum atomic E-state index is 12.4. The first kappa shape index (κ1) is 13.9. The number of thiophene rings is 1. The number of carboxylic acids is 1. The number of aliphatic carboxylic acids is 1. The van der Waals surface area contributed by atoms with Crippen LogP contribution in [0.15, 0.2) is 21.7 Å². The van der Waals surface area contributed by atoms with Crippen molar-refractivity contribution in [3.8, 4) is 0 Å². The molecule has 1 aliphatic rings. The third kappa shape index (κ3) is 2.29. The molecule has 1 N–H and O–H groups in total. The molecule has 2 rings (SSSR count). The molecule has 18 heavy (non-hydrogen) atoms. The van der Waals surface area contributed by atoms with Crippen molar-refractivity contribution in [2.24, 2.45) is 0 Å². The molecule has 0 bridgehead atoms. The average molecular weight is 307 g/mol. The minimum atomic E-state index is -3.70. The molecule has 0 radical (unpaired) electrons. The lowest BCUT2D eigenvalue weighted by molar-refractivity contribution is -0.140. The Morgan fingerprint density at radius 3 is 2.83 bits per heavy atom. The normalized spacial score (nSPS) is 25.4. The summed E-state index contributed by atoms with van der Waals surface area (Å²) >= 11 is 2.49. The van der Waals surface area contributed by atoms with Gasteiger partial charge in [0.05, 0.1) is 5.37 Å². The summed E-state index contributed by atoms with van der Waals surface area (Å²) < 4.78 is 26.2. The molecule has 2 atom stereocenters. The van der Waals surface area contributed by atoms with Crippen LogP contribution in [0.25, 0.3) is 0 Å². The lowest BCUT2D eigenvalue weighted by Gasteiger charge is -2.24. The first-order valence-electron chi connectivity index (χ1n) is 5.40. The zero-order chi connectivity index (χ0) is 13.3. The van der Waals surface area contributed by atoms with Gasteiger partial charge < -0.3 is 5.11 Å². The van der Waals surface area contributed by atoms with E-state index in [1.807, 2.05) is 6.92 Å². The van der Waals surface area contributed by atoms with E-state index in [1.165, 1.54) is 17.8 Å². The summed E-state index contributed by atoms with van der Waals surface area (Å²) in [5.41, 5.74) is 0. The molecular formula is C10H13NO4S3. The van der Waals surface area contributed by atoms with Crippen LogP contribution >= 0.6 is 23.1 Å². The highest BCUT2D eigenvalue weighted by atomic mass is 32.2. The number of thioether (sulfide) groups is 1. The Kier molecular flexibility index (Phi) is 4.00. The fourth-order valence-corrected chi connectivity index (χ4v) is 6.49. The quantitative estimate of drug-likeness (QED) is 0.916. The summed E-state index contributed by atoms with van der Waals surface area (Å²) in [6.45, 7) is 1.86. The van der Waals surface area contributed by atoms with Gasteiger partial charge in [-0.2, -0.15) is 4.31 Å². The second kappa shape index (κ2) is 5.20. The molecule has 5 nitrogen and oxygen atoms in total. The summed E-state index contributed by atoms with van der Waals surface area (Å²) in [5, 5.41) is 10.5. The van der Waals surface area contributed by atoms with Gasteiger partial charge in [-0.15, -0.1) is 23.1 Å². The van der Waals surface area contributed by atoms with Crippen molar-refractivity contribution >= 4 is 39.1 Å². The number of hydrogen-bond acceptors (Lipinski definition) is 5. The van der Waals surface area contributed by atoms with Gasteiger partial charge in [0.15, 0.2) is 0 Å². The molecule has 2 heterocycles. The molecule has 8 heteroatoms. The van der Waals surface area contributed by atoms with E-state index in [0.29, 0.717) is 12.2 Å². The number of nitrogens with zero attached hydrogens (tertiary/aromatic N) is 1. The fourth-order valence-electron chi connectivity index (χ4n) is 1.86. The number of sulfonamides is 1. The highest BCUT2D eigenvalue weighted by Gasteiger charge is 2.45. The number of rotatable bonds is 4. The monoisotopic (exact) mass is 307 g/mol. The molecule has 1 aliphatic heterocycles. The van der Waals surface area contributed by atoms with Crippen molar-refractivity contribution in [1.29, 1.82) is 0 Å². The molecule has 1 saturated heterocycles. The molecule has 1 aromatic heterocycles. The van der Waals surface area contributed by atoms with E-state index in [2.05, 4.69) is 0 Å². The van der Waals surface area contributed by atoms with Crippen molar-refractivity contribution in [3.05, 3.63) is 17.5 Å². The van der Waals surface area contributed by atoms with Crippen molar-refractivity contribution < 1.29 is 18.3 Å². The zero-order valence-electron chi connectivity index (χ0n) is 9.64. The Hall–Kier alpha value is -0.570. The van der Waals surface area contributed by atoms with Gasteiger partial charge in [0.2, 0.25) is 0 Å². The SMILES string of the molecule is CCC1SCC(C(=O)O)N1S(=O)(=O)c1cccs1. The molecular weight excluding hydrogens is 294 g/mol. The average Bonchev–Trinajstić information content (AvgIpc) is 2.98. The minimum Gasteiger partial charge on any atom is -0.480 e. The van der Waals surface area contributed by atoms with Gasteiger partial charge in [-0.05, 0) is 17.9 Å². The summed E-state index contributed by atoms with van der Waals surface area (Å²) in [6.07, 6.45) is 0.596. The molecule has 0 amide bonds. The highest BCUT2D eigenvalue weighted by molar-refractivity contribution is 8.01. The Labute approximate surface area is 114 Å². The van der Waals surface area contributed by atoms with Crippen LogP contribution in [0.1, 0.15) is 13.3 Å². The number of carboxylic acid groups (broad SMARTS) is 1. The topological polar surface area (TPSA) is 74.7 Å². The predicted octanol–water partition coefficient (Wildman–Crippen LogP) is 1.67. The largest absolute Gasteiger partial charge is 0.480 e. The molecule has 100 valence electrons. The molecule has 1 fully saturated rings. The van der Waals surface area contributed by atoms with Gasteiger partial charge in [-0.1, -0.05) is 13.0 Å². The first-order valence-corrected chi connectivity index (χ1v) is 8.76. The van der Waals surface area contributed by atoms with Crippen LogP contribution in [-0.4, -0.2) is 41.0 Å². The Morgan fingerprint density at radius 2 is 2.33 bits per heavy atom. The van der Waals surface area contributed by atoms with Gasteiger partial charge in [0.1, 0.15) is 10.3 Å². The Balaban J connectivity index is 2.42. The smallest absolute Gasteiger partial charge is 0.322 e. The third-order valence-electron chi connectivity index (χ3n) is 2.70. The summed E-state index contributed by atoms with van der Waals surface area (Å²) in [4.78, 5) is 11.2. The molecule has 0 aliphatic carbocycles. The lowest BCUT2D eigenvalue weighted by Crippen LogP contribution is -2.45. The maximum absolute atomic E-state index is 12.4. The van der Waals surface area contributed by atoms with E-state index in [1.54, 1.807) is 11.4 Å². The summed E-state index contributed by atoms with van der Waals surface area (Å²) in [7, 11) is -3.70. The van der Waals surface area contributed by atoms with Crippen LogP contribution in [-0.2, 0) is 14.8 Å². The van der Waals surface area contributed by atoms with Crippen LogP contribution in [0.5, 0.6) is 0 Å². The van der Waals surface area contributed by atoms with Gasteiger partial charge in [0, 0.05) is 5.75 Å². The zero-order valence-corrected chi connectivity index (χ0v) is 12.1. The van der Waals surface area contributed by atoms with Crippen LogP contribution in [0.4, 0.5) is 0 Å². The summed E-state index contributed by atoms with van der Waals surface area (Å²) in [5.74, 6) is -0.781. The van der Waals surface area contributed by atoms with Crippen LogP contribution in [0.2, 0.25) is 0 Å². The van der Waals surface area contributed by atoms with Crippen LogP contribution in [0.3, 0.4) is 0 Å². The highest BCUT2D eigenvalue weighted by Crippen LogP contribution is 2.37. The van der Waals surface area contributed by atoms with Gasteiger partial charge in [0.25, 0.3) is 10.0 Å². The van der Waals surface area contributed by atoms with Crippen molar-refractivity contribution in [3.63, 3.8) is 0 Å². The fraction of sp³-hybridized carbons (Fsp3) is 0.500. The molecule has 2 unspecified atom stereocenters. The maximum Gasteiger partial charge on any atom is 0.322 e. The minimum absolute atomic E-state index is 0.203. The number of carbonyl (C=O) groups is 1. The number of hydrogen-bond donors (Lipinski definition) is 1. The lowest BCUT2D eigenvalue weighted by atomic mass is 10.3. The van der Waals surface area contributed by atoms with E-state index in [0.717, 1.165) is 15.6 Å². The van der Waals surface area contributed by atoms with E-state index < -0.39 is 22.0 Å². The van der Waals surface area contributed by atoms with Gasteiger partial charge in [-0.25, -0.2) is 8.42 Å².